The quantitative estimate of drug-likeness (QED) is 0.859. The molecular weight excluding hydrogens is 249 g/mol. The Morgan fingerprint density at radius 1 is 1.42 bits per heavy atom. The summed E-state index contributed by atoms with van der Waals surface area (Å²) in [5.41, 5.74) is 6.11. The van der Waals surface area contributed by atoms with Crippen molar-refractivity contribution in [3.63, 3.8) is 0 Å². The van der Waals surface area contributed by atoms with Gasteiger partial charge >= 0.3 is 0 Å². The monoisotopic (exact) mass is 263 g/mol. The van der Waals surface area contributed by atoms with Gasteiger partial charge in [0.25, 0.3) is 5.89 Å². The first-order chi connectivity index (χ1) is 9.24. The van der Waals surface area contributed by atoms with Crippen molar-refractivity contribution in [2.24, 2.45) is 0 Å². The molecule has 1 fully saturated rings. The zero-order chi connectivity index (χ0) is 13.2. The second-order valence-electron chi connectivity index (χ2n) is 4.56. The summed E-state index contributed by atoms with van der Waals surface area (Å²) in [5.74, 6) is 0.312. The van der Waals surface area contributed by atoms with Crippen molar-refractivity contribution in [1.82, 2.24) is 10.1 Å². The largest absolute Gasteiger partial charge is 0.396 e. The number of nitrogens with two attached hydrogens (primary N) is 1. The summed E-state index contributed by atoms with van der Waals surface area (Å²) in [5, 5.41) is 3.88. The lowest BCUT2D eigenvalue weighted by molar-refractivity contribution is 0.109. The number of hydrogen-bond acceptors (Lipinski definition) is 5. The fraction of sp³-hybridized carbons (Fsp3) is 0.385. The van der Waals surface area contributed by atoms with Gasteiger partial charge < -0.3 is 15.0 Å². The Bertz CT molecular complexity index is 579. The minimum Gasteiger partial charge on any atom is -0.396 e. The summed E-state index contributed by atoms with van der Waals surface area (Å²) in [6.07, 6.45) is 2.83. The van der Waals surface area contributed by atoms with Gasteiger partial charge in [0.1, 0.15) is 5.82 Å². The standard InChI is InChI=1S/C13H14FN3O2/c14-10-5-1-4-9(12(10)15)13-16-11(17-19-13)7-8-3-2-6-18-8/h1,4-5,8H,2-3,6-7,15H2. The van der Waals surface area contributed by atoms with Crippen LogP contribution in [0, 0.1) is 5.82 Å². The number of nitrogens with zero attached hydrogens (tertiary/aromatic N) is 2. The maximum absolute atomic E-state index is 13.4. The lowest BCUT2D eigenvalue weighted by atomic mass is 10.1. The fourth-order valence-electron chi connectivity index (χ4n) is 2.18. The molecule has 5 nitrogen and oxygen atoms in total. The van der Waals surface area contributed by atoms with Crippen molar-refractivity contribution in [3.8, 4) is 11.5 Å². The third kappa shape index (κ3) is 2.44. The van der Waals surface area contributed by atoms with Gasteiger partial charge in [-0.1, -0.05) is 11.2 Å². The molecule has 0 bridgehead atoms. The lowest BCUT2D eigenvalue weighted by Crippen LogP contribution is -2.09. The molecule has 0 radical (unpaired) electrons. The van der Waals surface area contributed by atoms with Crippen LogP contribution in [0.3, 0.4) is 0 Å². The van der Waals surface area contributed by atoms with Crippen LogP contribution in [0.15, 0.2) is 22.7 Å². The van der Waals surface area contributed by atoms with Crippen molar-refractivity contribution < 1.29 is 13.7 Å². The number of para-hydroxylation sites is 1. The molecule has 2 heterocycles. The number of benzene rings is 1. The van der Waals surface area contributed by atoms with E-state index in [0.717, 1.165) is 19.4 Å². The van der Waals surface area contributed by atoms with Crippen LogP contribution in [0.5, 0.6) is 0 Å². The lowest BCUT2D eigenvalue weighted by Gasteiger charge is -2.04. The van der Waals surface area contributed by atoms with Crippen LogP contribution < -0.4 is 5.73 Å². The maximum atomic E-state index is 13.4. The number of nitrogen functional groups attached to an aromatic ring is 1. The molecule has 1 aliphatic rings. The van der Waals surface area contributed by atoms with Crippen LogP contribution in [-0.2, 0) is 11.2 Å². The molecular formula is C13H14FN3O2. The molecule has 0 spiro atoms. The molecule has 1 aromatic heterocycles. The second kappa shape index (κ2) is 4.97. The highest BCUT2D eigenvalue weighted by molar-refractivity contribution is 5.70. The smallest absolute Gasteiger partial charge is 0.260 e. The van der Waals surface area contributed by atoms with Crippen molar-refractivity contribution in [1.29, 1.82) is 0 Å². The van der Waals surface area contributed by atoms with E-state index in [1.54, 1.807) is 12.1 Å². The summed E-state index contributed by atoms with van der Waals surface area (Å²) in [7, 11) is 0. The first kappa shape index (κ1) is 12.1. The van der Waals surface area contributed by atoms with Crippen LogP contribution in [-0.4, -0.2) is 22.9 Å². The SMILES string of the molecule is Nc1c(F)cccc1-c1nc(CC2CCCO2)no1. The molecule has 0 aliphatic carbocycles. The molecule has 0 saturated carbocycles. The molecule has 2 N–H and O–H groups in total. The van der Waals surface area contributed by atoms with E-state index in [-0.39, 0.29) is 17.7 Å². The zero-order valence-corrected chi connectivity index (χ0v) is 10.3. The fourth-order valence-corrected chi connectivity index (χ4v) is 2.18. The predicted octanol–water partition coefficient (Wildman–Crippen LogP) is 2.18. The highest BCUT2D eigenvalue weighted by Gasteiger charge is 2.20. The summed E-state index contributed by atoms with van der Waals surface area (Å²) in [4.78, 5) is 4.24. The second-order valence-corrected chi connectivity index (χ2v) is 4.56. The Morgan fingerprint density at radius 2 is 2.32 bits per heavy atom. The number of halogens is 1. The Morgan fingerprint density at radius 3 is 3.11 bits per heavy atom. The third-order valence-corrected chi connectivity index (χ3v) is 3.19. The minimum absolute atomic E-state index is 0.0230. The molecule has 6 heteroatoms. The van der Waals surface area contributed by atoms with E-state index in [0.29, 0.717) is 17.8 Å². The normalized spacial score (nSPS) is 18.9. The minimum atomic E-state index is -0.489. The van der Waals surface area contributed by atoms with Gasteiger partial charge in [0, 0.05) is 13.0 Å². The van der Waals surface area contributed by atoms with E-state index in [1.807, 2.05) is 0 Å². The molecule has 1 unspecified atom stereocenters. The molecule has 0 amide bonds. The van der Waals surface area contributed by atoms with Gasteiger partial charge in [-0.15, -0.1) is 0 Å². The number of ether oxygens (including phenoxy) is 1. The summed E-state index contributed by atoms with van der Waals surface area (Å²) in [6.45, 7) is 0.784. The van der Waals surface area contributed by atoms with E-state index in [4.69, 9.17) is 15.0 Å². The maximum Gasteiger partial charge on any atom is 0.260 e. The van der Waals surface area contributed by atoms with Crippen LogP contribution in [0.1, 0.15) is 18.7 Å². The van der Waals surface area contributed by atoms with E-state index < -0.39 is 5.82 Å². The van der Waals surface area contributed by atoms with Gasteiger partial charge in [-0.25, -0.2) is 4.39 Å². The molecule has 100 valence electrons. The highest BCUT2D eigenvalue weighted by atomic mass is 19.1. The molecule has 1 aromatic carbocycles. The van der Waals surface area contributed by atoms with Gasteiger partial charge in [-0.2, -0.15) is 4.98 Å². The first-order valence-electron chi connectivity index (χ1n) is 6.22. The number of aromatic nitrogens is 2. The highest BCUT2D eigenvalue weighted by Crippen LogP contribution is 2.26. The van der Waals surface area contributed by atoms with Crippen molar-refractivity contribution >= 4 is 5.69 Å². The van der Waals surface area contributed by atoms with Crippen molar-refractivity contribution in [2.75, 3.05) is 12.3 Å². The number of hydrogen-bond donors (Lipinski definition) is 1. The van der Waals surface area contributed by atoms with E-state index in [9.17, 15) is 4.39 Å². The van der Waals surface area contributed by atoms with E-state index >= 15 is 0 Å². The van der Waals surface area contributed by atoms with Gasteiger partial charge in [-0.3, -0.25) is 0 Å². The predicted molar refractivity (Wildman–Crippen MR) is 66.8 cm³/mol. The van der Waals surface area contributed by atoms with Crippen molar-refractivity contribution in [3.05, 3.63) is 29.8 Å². The zero-order valence-electron chi connectivity index (χ0n) is 10.3. The van der Waals surface area contributed by atoms with Gasteiger partial charge in [0.15, 0.2) is 5.82 Å². The van der Waals surface area contributed by atoms with Crippen LogP contribution in [0.4, 0.5) is 10.1 Å². The number of anilines is 1. The van der Waals surface area contributed by atoms with Crippen LogP contribution in [0.2, 0.25) is 0 Å². The number of rotatable bonds is 3. The van der Waals surface area contributed by atoms with E-state index in [2.05, 4.69) is 10.1 Å². The summed E-state index contributed by atoms with van der Waals surface area (Å²) >= 11 is 0. The van der Waals surface area contributed by atoms with Gasteiger partial charge in [0.05, 0.1) is 17.4 Å². The third-order valence-electron chi connectivity index (χ3n) is 3.19. The molecule has 1 saturated heterocycles. The Labute approximate surface area is 109 Å². The van der Waals surface area contributed by atoms with Gasteiger partial charge in [0.2, 0.25) is 0 Å². The molecule has 3 rings (SSSR count). The Hall–Kier alpha value is -1.95. The molecule has 1 aliphatic heterocycles. The Kier molecular flexibility index (Phi) is 3.16. The van der Waals surface area contributed by atoms with Crippen LogP contribution >= 0.6 is 0 Å². The Balaban J connectivity index is 1.82. The molecule has 1 atom stereocenters. The molecule has 2 aromatic rings. The first-order valence-corrected chi connectivity index (χ1v) is 6.22. The summed E-state index contributed by atoms with van der Waals surface area (Å²) < 4.78 is 24.0. The average molecular weight is 263 g/mol. The van der Waals surface area contributed by atoms with Crippen molar-refractivity contribution in [2.45, 2.75) is 25.4 Å². The average Bonchev–Trinajstić information content (AvgIpc) is 3.05. The van der Waals surface area contributed by atoms with Gasteiger partial charge in [-0.05, 0) is 25.0 Å². The topological polar surface area (TPSA) is 74.2 Å². The van der Waals surface area contributed by atoms with E-state index in [1.165, 1.54) is 6.07 Å². The molecule has 19 heavy (non-hydrogen) atoms. The van der Waals surface area contributed by atoms with Crippen LogP contribution in [0.25, 0.3) is 11.5 Å². The summed E-state index contributed by atoms with van der Waals surface area (Å²) in [6, 6.07) is 4.51.